The van der Waals surface area contributed by atoms with Gasteiger partial charge < -0.3 is 19.9 Å². The monoisotopic (exact) mass is 295 g/mol. The van der Waals surface area contributed by atoms with Crippen LogP contribution in [0.5, 0.6) is 0 Å². The molecule has 1 aliphatic heterocycles. The Morgan fingerprint density at radius 1 is 1.52 bits per heavy atom. The Labute approximate surface area is 120 Å². The predicted molar refractivity (Wildman–Crippen MR) is 73.4 cm³/mol. The van der Waals surface area contributed by atoms with Gasteiger partial charge in [-0.3, -0.25) is 14.3 Å². The Balaban J connectivity index is 1.52. The minimum absolute atomic E-state index is 0.0518. The van der Waals surface area contributed by atoms with E-state index in [-0.39, 0.29) is 30.0 Å². The Bertz CT molecular complexity index is 661. The van der Waals surface area contributed by atoms with Crippen molar-refractivity contribution in [3.8, 4) is 0 Å². The Kier molecular flexibility index (Phi) is 4.13. The number of imidazole rings is 1. The second kappa shape index (κ2) is 6.20. The second-order valence-corrected chi connectivity index (χ2v) is 4.69. The smallest absolute Gasteiger partial charge is 0.280 e. The number of aromatic amines is 1. The SMILES string of the molecule is Nc1nc2c(ncn2COCCOC2CCCO2)c(=O)[nH]1. The van der Waals surface area contributed by atoms with Crippen molar-refractivity contribution in [3.63, 3.8) is 0 Å². The molecule has 9 heteroatoms. The van der Waals surface area contributed by atoms with E-state index in [1.165, 1.54) is 6.33 Å². The third kappa shape index (κ3) is 3.20. The van der Waals surface area contributed by atoms with Crippen LogP contribution < -0.4 is 11.3 Å². The molecule has 0 saturated carbocycles. The van der Waals surface area contributed by atoms with Gasteiger partial charge in [-0.2, -0.15) is 4.98 Å². The molecule has 1 unspecified atom stereocenters. The molecule has 114 valence electrons. The van der Waals surface area contributed by atoms with Gasteiger partial charge in [-0.05, 0) is 6.42 Å². The highest BCUT2D eigenvalue weighted by atomic mass is 16.7. The maximum atomic E-state index is 11.6. The first-order chi connectivity index (χ1) is 10.2. The predicted octanol–water partition coefficient (Wildman–Crippen LogP) is -0.171. The zero-order valence-corrected chi connectivity index (χ0v) is 11.4. The van der Waals surface area contributed by atoms with Gasteiger partial charge in [0.05, 0.1) is 19.5 Å². The summed E-state index contributed by atoms with van der Waals surface area (Å²) >= 11 is 0. The van der Waals surface area contributed by atoms with Gasteiger partial charge in [0.1, 0.15) is 6.73 Å². The second-order valence-electron chi connectivity index (χ2n) is 4.69. The van der Waals surface area contributed by atoms with Crippen molar-refractivity contribution in [3.05, 3.63) is 16.7 Å². The number of nitrogens with one attached hydrogen (secondary N) is 1. The van der Waals surface area contributed by atoms with Crippen LogP contribution in [0, 0.1) is 0 Å². The van der Waals surface area contributed by atoms with Crippen molar-refractivity contribution >= 4 is 17.1 Å². The van der Waals surface area contributed by atoms with Crippen LogP contribution in [0.4, 0.5) is 5.95 Å². The molecular formula is C12H17N5O4. The van der Waals surface area contributed by atoms with Gasteiger partial charge in [0.15, 0.2) is 17.5 Å². The lowest BCUT2D eigenvalue weighted by molar-refractivity contribution is -0.124. The van der Waals surface area contributed by atoms with Crippen molar-refractivity contribution in [2.24, 2.45) is 0 Å². The molecule has 0 radical (unpaired) electrons. The highest BCUT2D eigenvalue weighted by Crippen LogP contribution is 2.12. The van der Waals surface area contributed by atoms with Gasteiger partial charge in [0, 0.05) is 13.0 Å². The van der Waals surface area contributed by atoms with Crippen molar-refractivity contribution in [2.45, 2.75) is 25.9 Å². The highest BCUT2D eigenvalue weighted by Gasteiger charge is 2.15. The lowest BCUT2D eigenvalue weighted by Gasteiger charge is -2.11. The van der Waals surface area contributed by atoms with Crippen LogP contribution in [0.25, 0.3) is 11.2 Å². The van der Waals surface area contributed by atoms with Crippen LogP contribution in [-0.4, -0.2) is 45.6 Å². The lowest BCUT2D eigenvalue weighted by atomic mass is 10.4. The summed E-state index contributed by atoms with van der Waals surface area (Å²) in [6, 6.07) is 0. The molecule has 0 spiro atoms. The van der Waals surface area contributed by atoms with E-state index in [1.54, 1.807) is 4.57 Å². The topological polar surface area (TPSA) is 117 Å². The molecule has 0 aromatic carbocycles. The number of H-pyrrole nitrogens is 1. The molecular weight excluding hydrogens is 278 g/mol. The van der Waals surface area contributed by atoms with Gasteiger partial charge in [0.2, 0.25) is 5.95 Å². The molecule has 0 aliphatic carbocycles. The van der Waals surface area contributed by atoms with Crippen molar-refractivity contribution in [1.82, 2.24) is 19.5 Å². The molecule has 1 atom stereocenters. The first kappa shape index (κ1) is 14.0. The number of anilines is 1. The molecule has 3 heterocycles. The Morgan fingerprint density at radius 3 is 3.24 bits per heavy atom. The molecule has 0 bridgehead atoms. The molecule has 3 rings (SSSR count). The quantitative estimate of drug-likeness (QED) is 0.710. The summed E-state index contributed by atoms with van der Waals surface area (Å²) in [7, 11) is 0. The first-order valence-corrected chi connectivity index (χ1v) is 6.75. The van der Waals surface area contributed by atoms with E-state index >= 15 is 0 Å². The number of hydrogen-bond donors (Lipinski definition) is 2. The fourth-order valence-electron chi connectivity index (χ4n) is 2.15. The molecule has 2 aromatic heterocycles. The normalized spacial score (nSPS) is 18.6. The number of ether oxygens (including phenoxy) is 3. The summed E-state index contributed by atoms with van der Waals surface area (Å²) in [4.78, 5) is 22.0. The molecule has 9 nitrogen and oxygen atoms in total. The fraction of sp³-hybridized carbons (Fsp3) is 0.583. The van der Waals surface area contributed by atoms with Crippen molar-refractivity contribution in [1.29, 1.82) is 0 Å². The summed E-state index contributed by atoms with van der Waals surface area (Å²) < 4.78 is 17.9. The van der Waals surface area contributed by atoms with E-state index < -0.39 is 0 Å². The van der Waals surface area contributed by atoms with Crippen LogP contribution in [0.1, 0.15) is 12.8 Å². The molecule has 21 heavy (non-hydrogen) atoms. The van der Waals surface area contributed by atoms with E-state index in [4.69, 9.17) is 19.9 Å². The van der Waals surface area contributed by atoms with E-state index in [1.807, 2.05) is 0 Å². The number of nitrogens with zero attached hydrogens (tertiary/aromatic N) is 3. The first-order valence-electron chi connectivity index (χ1n) is 6.75. The number of hydrogen-bond acceptors (Lipinski definition) is 7. The van der Waals surface area contributed by atoms with Gasteiger partial charge in [-0.25, -0.2) is 4.98 Å². The van der Waals surface area contributed by atoms with Crippen LogP contribution in [0.15, 0.2) is 11.1 Å². The third-order valence-corrected chi connectivity index (χ3v) is 3.14. The van der Waals surface area contributed by atoms with E-state index in [0.29, 0.717) is 18.9 Å². The minimum atomic E-state index is -0.363. The fourth-order valence-corrected chi connectivity index (χ4v) is 2.15. The maximum Gasteiger partial charge on any atom is 0.280 e. The van der Waals surface area contributed by atoms with Crippen LogP contribution >= 0.6 is 0 Å². The summed E-state index contributed by atoms with van der Waals surface area (Å²) in [6.45, 7) is 1.85. The average molecular weight is 295 g/mol. The summed E-state index contributed by atoms with van der Waals surface area (Å²) in [5.41, 5.74) is 5.79. The zero-order valence-electron chi connectivity index (χ0n) is 11.4. The van der Waals surface area contributed by atoms with Crippen molar-refractivity contribution in [2.75, 3.05) is 25.6 Å². The number of aromatic nitrogens is 4. The highest BCUT2D eigenvalue weighted by molar-refractivity contribution is 5.70. The van der Waals surface area contributed by atoms with Crippen LogP contribution in [0.3, 0.4) is 0 Å². The third-order valence-electron chi connectivity index (χ3n) is 3.14. The van der Waals surface area contributed by atoms with Gasteiger partial charge >= 0.3 is 0 Å². The van der Waals surface area contributed by atoms with E-state index in [9.17, 15) is 4.79 Å². The number of nitrogen functional groups attached to an aromatic ring is 1. The Hall–Kier alpha value is -1.97. The molecule has 0 amide bonds. The summed E-state index contributed by atoms with van der Waals surface area (Å²) in [5, 5.41) is 0. The molecule has 2 aromatic rings. The van der Waals surface area contributed by atoms with Crippen molar-refractivity contribution < 1.29 is 14.2 Å². The summed E-state index contributed by atoms with van der Waals surface area (Å²) in [6.07, 6.45) is 3.35. The van der Waals surface area contributed by atoms with Gasteiger partial charge in [0.25, 0.3) is 5.56 Å². The zero-order chi connectivity index (χ0) is 14.7. The van der Waals surface area contributed by atoms with E-state index in [2.05, 4.69) is 15.0 Å². The maximum absolute atomic E-state index is 11.6. The van der Waals surface area contributed by atoms with E-state index in [0.717, 1.165) is 19.4 Å². The van der Waals surface area contributed by atoms with Gasteiger partial charge in [-0.1, -0.05) is 0 Å². The molecule has 1 aliphatic rings. The van der Waals surface area contributed by atoms with Crippen LogP contribution in [-0.2, 0) is 20.9 Å². The minimum Gasteiger partial charge on any atom is -0.369 e. The largest absolute Gasteiger partial charge is 0.369 e. The standard InChI is InChI=1S/C12H17N5O4/c13-12-15-10-9(11(18)16-12)14-6-17(10)7-19-4-5-21-8-2-1-3-20-8/h6,8H,1-5,7H2,(H3,13,15,16,18). The number of rotatable bonds is 6. The van der Waals surface area contributed by atoms with Crippen LogP contribution in [0.2, 0.25) is 0 Å². The summed E-state index contributed by atoms with van der Waals surface area (Å²) in [5.74, 6) is 0.0518. The van der Waals surface area contributed by atoms with Gasteiger partial charge in [-0.15, -0.1) is 0 Å². The number of fused-ring (bicyclic) bond motifs is 1. The molecule has 1 saturated heterocycles. The lowest BCUT2D eigenvalue weighted by Crippen LogP contribution is -2.16. The number of nitrogens with two attached hydrogens (primary N) is 1. The molecule has 3 N–H and O–H groups in total. The average Bonchev–Trinajstić information content (AvgIpc) is 3.08. The Morgan fingerprint density at radius 2 is 2.43 bits per heavy atom. The molecule has 1 fully saturated rings.